The molecule has 1 heterocycles. The molecule has 0 bridgehead atoms. The number of rotatable bonds is 3. The highest BCUT2D eigenvalue weighted by molar-refractivity contribution is 5.90. The summed E-state index contributed by atoms with van der Waals surface area (Å²) in [5.74, 6) is -0.365. The molecular formula is C8H13N3O2. The first-order valence-electron chi connectivity index (χ1n) is 4.08. The number of carbonyl (C=O) groups is 1. The molecule has 1 aromatic heterocycles. The zero-order valence-electron chi connectivity index (χ0n) is 7.78. The summed E-state index contributed by atoms with van der Waals surface area (Å²) in [5, 5.41) is 3.93. The lowest BCUT2D eigenvalue weighted by Gasteiger charge is -2.02. The molecule has 0 fully saturated rings. The Bertz CT molecular complexity index is 306. The molecule has 0 aromatic carbocycles. The predicted octanol–water partition coefficient (Wildman–Crippen LogP) is 0.0555. The van der Waals surface area contributed by atoms with Gasteiger partial charge in [0.15, 0.2) is 0 Å². The lowest BCUT2D eigenvalue weighted by Crippen LogP contribution is -2.12. The molecule has 0 radical (unpaired) electrons. The summed E-state index contributed by atoms with van der Waals surface area (Å²) in [6.07, 6.45) is 1.47. The minimum Gasteiger partial charge on any atom is -0.462 e. The van der Waals surface area contributed by atoms with E-state index >= 15 is 0 Å². The zero-order chi connectivity index (χ0) is 9.84. The molecule has 5 nitrogen and oxygen atoms in total. The quantitative estimate of drug-likeness (QED) is 0.672. The highest BCUT2D eigenvalue weighted by atomic mass is 16.5. The van der Waals surface area contributed by atoms with Gasteiger partial charge in [0.2, 0.25) is 0 Å². The molecule has 5 heteroatoms. The Balaban J connectivity index is 2.93. The van der Waals surface area contributed by atoms with Crippen molar-refractivity contribution >= 4 is 5.97 Å². The van der Waals surface area contributed by atoms with E-state index in [0.29, 0.717) is 17.9 Å². The number of hydrogen-bond acceptors (Lipinski definition) is 4. The number of nitrogens with two attached hydrogens (primary N) is 1. The summed E-state index contributed by atoms with van der Waals surface area (Å²) in [7, 11) is 1.74. The first-order chi connectivity index (χ1) is 6.20. The molecule has 1 aromatic rings. The van der Waals surface area contributed by atoms with E-state index < -0.39 is 0 Å². The maximum Gasteiger partial charge on any atom is 0.341 e. The van der Waals surface area contributed by atoms with Crippen LogP contribution < -0.4 is 5.73 Å². The molecule has 0 aliphatic carbocycles. The fourth-order valence-electron chi connectivity index (χ4n) is 1.08. The van der Waals surface area contributed by atoms with E-state index in [9.17, 15) is 4.79 Å². The number of esters is 1. The first-order valence-corrected chi connectivity index (χ1v) is 4.08. The van der Waals surface area contributed by atoms with E-state index in [1.807, 2.05) is 0 Å². The molecule has 0 saturated carbocycles. The van der Waals surface area contributed by atoms with Crippen LogP contribution >= 0.6 is 0 Å². The van der Waals surface area contributed by atoms with Crippen molar-refractivity contribution in [3.05, 3.63) is 17.5 Å². The van der Waals surface area contributed by atoms with E-state index in [0.717, 1.165) is 0 Å². The van der Waals surface area contributed by atoms with Crippen LogP contribution in [-0.2, 0) is 18.3 Å². The Morgan fingerprint density at radius 1 is 1.77 bits per heavy atom. The van der Waals surface area contributed by atoms with Crippen LogP contribution in [0.4, 0.5) is 0 Å². The fraction of sp³-hybridized carbons (Fsp3) is 0.500. The van der Waals surface area contributed by atoms with E-state index in [1.165, 1.54) is 6.20 Å². The van der Waals surface area contributed by atoms with Crippen LogP contribution in [0, 0.1) is 0 Å². The minimum absolute atomic E-state index is 0.282. The van der Waals surface area contributed by atoms with Crippen LogP contribution in [0.15, 0.2) is 6.20 Å². The maximum atomic E-state index is 11.3. The van der Waals surface area contributed by atoms with Gasteiger partial charge in [-0.2, -0.15) is 5.10 Å². The molecule has 0 aliphatic heterocycles. The summed E-state index contributed by atoms with van der Waals surface area (Å²) < 4.78 is 6.41. The minimum atomic E-state index is -0.365. The SMILES string of the molecule is CCOC(=O)c1cnn(C)c1CN. The first kappa shape index (κ1) is 9.73. The van der Waals surface area contributed by atoms with Crippen LogP contribution in [0.5, 0.6) is 0 Å². The number of hydrogen-bond donors (Lipinski definition) is 1. The van der Waals surface area contributed by atoms with E-state index in [-0.39, 0.29) is 12.5 Å². The standard InChI is InChI=1S/C8H13N3O2/c1-3-13-8(12)6-5-10-11(2)7(6)4-9/h5H,3-4,9H2,1-2H3. The number of carbonyl (C=O) groups excluding carboxylic acids is 1. The number of aryl methyl sites for hydroxylation is 1. The molecule has 0 saturated heterocycles. The van der Waals surface area contributed by atoms with Crippen LogP contribution in [0.2, 0.25) is 0 Å². The summed E-state index contributed by atoms with van der Waals surface area (Å²) in [5.41, 5.74) is 6.61. The molecule has 72 valence electrons. The van der Waals surface area contributed by atoms with Gasteiger partial charge in [-0.1, -0.05) is 0 Å². The average Bonchev–Trinajstić information content (AvgIpc) is 2.47. The Morgan fingerprint density at radius 3 is 3.00 bits per heavy atom. The lowest BCUT2D eigenvalue weighted by atomic mass is 10.2. The van der Waals surface area contributed by atoms with Crippen LogP contribution in [0.25, 0.3) is 0 Å². The smallest absolute Gasteiger partial charge is 0.341 e. The van der Waals surface area contributed by atoms with Crippen molar-refractivity contribution in [3.8, 4) is 0 Å². The molecule has 0 atom stereocenters. The van der Waals surface area contributed by atoms with Crippen LogP contribution in [-0.4, -0.2) is 22.4 Å². The van der Waals surface area contributed by atoms with Crippen molar-refractivity contribution in [2.24, 2.45) is 12.8 Å². The van der Waals surface area contributed by atoms with E-state index in [4.69, 9.17) is 10.5 Å². The zero-order valence-corrected chi connectivity index (χ0v) is 7.78. The summed E-state index contributed by atoms with van der Waals surface area (Å²) in [6, 6.07) is 0. The molecule has 0 amide bonds. The van der Waals surface area contributed by atoms with Crippen molar-refractivity contribution in [3.63, 3.8) is 0 Å². The van der Waals surface area contributed by atoms with Crippen LogP contribution in [0.3, 0.4) is 0 Å². The van der Waals surface area contributed by atoms with Gasteiger partial charge >= 0.3 is 5.97 Å². The highest BCUT2D eigenvalue weighted by Crippen LogP contribution is 2.07. The van der Waals surface area contributed by atoms with Gasteiger partial charge < -0.3 is 10.5 Å². The van der Waals surface area contributed by atoms with Crippen molar-refractivity contribution in [2.75, 3.05) is 6.61 Å². The third-order valence-electron chi connectivity index (χ3n) is 1.75. The maximum absolute atomic E-state index is 11.3. The summed E-state index contributed by atoms with van der Waals surface area (Å²) in [4.78, 5) is 11.3. The van der Waals surface area contributed by atoms with Gasteiger partial charge in [-0.3, -0.25) is 4.68 Å². The molecular weight excluding hydrogens is 170 g/mol. The second kappa shape index (κ2) is 4.04. The Kier molecular flexibility index (Phi) is 3.02. The largest absolute Gasteiger partial charge is 0.462 e. The molecule has 2 N–H and O–H groups in total. The van der Waals surface area contributed by atoms with Gasteiger partial charge in [0, 0.05) is 13.6 Å². The Morgan fingerprint density at radius 2 is 2.46 bits per heavy atom. The second-order valence-corrected chi connectivity index (χ2v) is 2.55. The normalized spacial score (nSPS) is 10.1. The van der Waals surface area contributed by atoms with Gasteiger partial charge in [0.25, 0.3) is 0 Å². The lowest BCUT2D eigenvalue weighted by molar-refractivity contribution is 0.0525. The number of nitrogens with zero attached hydrogens (tertiary/aromatic N) is 2. The predicted molar refractivity (Wildman–Crippen MR) is 47.1 cm³/mol. The van der Waals surface area contributed by atoms with Gasteiger partial charge in [0.05, 0.1) is 18.5 Å². The third kappa shape index (κ3) is 1.86. The van der Waals surface area contributed by atoms with E-state index in [2.05, 4.69) is 5.10 Å². The van der Waals surface area contributed by atoms with Gasteiger partial charge in [-0.05, 0) is 6.92 Å². The highest BCUT2D eigenvalue weighted by Gasteiger charge is 2.15. The van der Waals surface area contributed by atoms with Crippen LogP contribution in [0.1, 0.15) is 23.0 Å². The Labute approximate surface area is 76.5 Å². The van der Waals surface area contributed by atoms with Crippen molar-refractivity contribution in [1.82, 2.24) is 9.78 Å². The summed E-state index contributed by atoms with van der Waals surface area (Å²) in [6.45, 7) is 2.40. The second-order valence-electron chi connectivity index (χ2n) is 2.55. The Hall–Kier alpha value is -1.36. The third-order valence-corrected chi connectivity index (χ3v) is 1.75. The molecule has 0 spiro atoms. The average molecular weight is 183 g/mol. The fourth-order valence-corrected chi connectivity index (χ4v) is 1.08. The van der Waals surface area contributed by atoms with Gasteiger partial charge in [-0.25, -0.2) is 4.79 Å². The molecule has 0 unspecified atom stereocenters. The molecule has 1 rings (SSSR count). The molecule has 13 heavy (non-hydrogen) atoms. The number of aromatic nitrogens is 2. The van der Waals surface area contributed by atoms with Crippen molar-refractivity contribution in [2.45, 2.75) is 13.5 Å². The number of ether oxygens (including phenoxy) is 1. The van der Waals surface area contributed by atoms with Gasteiger partial charge in [-0.15, -0.1) is 0 Å². The van der Waals surface area contributed by atoms with Gasteiger partial charge in [0.1, 0.15) is 5.56 Å². The monoisotopic (exact) mass is 183 g/mol. The topological polar surface area (TPSA) is 70.1 Å². The van der Waals surface area contributed by atoms with Crippen molar-refractivity contribution < 1.29 is 9.53 Å². The molecule has 0 aliphatic rings. The van der Waals surface area contributed by atoms with E-state index in [1.54, 1.807) is 18.7 Å². The van der Waals surface area contributed by atoms with Crippen molar-refractivity contribution in [1.29, 1.82) is 0 Å². The summed E-state index contributed by atoms with van der Waals surface area (Å²) >= 11 is 0.